The molecule has 0 fully saturated rings. The molecule has 0 saturated heterocycles. The third kappa shape index (κ3) is 3.00. The van der Waals surface area contributed by atoms with E-state index in [4.69, 9.17) is 12.2 Å². The van der Waals surface area contributed by atoms with Crippen molar-refractivity contribution in [2.75, 3.05) is 0 Å². The molecule has 1 N–H and O–H groups in total. The van der Waals surface area contributed by atoms with E-state index < -0.39 is 0 Å². The van der Waals surface area contributed by atoms with Crippen LogP contribution in [0.25, 0.3) is 11.5 Å². The molecule has 2 heterocycles. The summed E-state index contributed by atoms with van der Waals surface area (Å²) in [4.78, 5) is 11.9. The maximum Gasteiger partial charge on any atom is 0.158 e. The summed E-state index contributed by atoms with van der Waals surface area (Å²) in [5.41, 5.74) is 3.72. The van der Waals surface area contributed by atoms with Gasteiger partial charge in [-0.2, -0.15) is 0 Å². The number of aromatic nitrogens is 3. The lowest BCUT2D eigenvalue weighted by atomic mass is 10.1. The summed E-state index contributed by atoms with van der Waals surface area (Å²) in [5, 5.41) is 1.96. The number of nitrogens with one attached hydrogen (secondary N) is 1. The van der Waals surface area contributed by atoms with E-state index in [1.807, 2.05) is 5.38 Å². The lowest BCUT2D eigenvalue weighted by Gasteiger charge is -2.09. The molecule has 17 heavy (non-hydrogen) atoms. The number of aromatic amines is 1. The highest BCUT2D eigenvalue weighted by Crippen LogP contribution is 2.23. The summed E-state index contributed by atoms with van der Waals surface area (Å²) in [6.45, 7) is 4.35. The minimum absolute atomic E-state index is 0.558. The van der Waals surface area contributed by atoms with Gasteiger partial charge in [0.05, 0.1) is 9.98 Å². The predicted octanol–water partition coefficient (Wildman–Crippen LogP) is 4.22. The molecule has 0 spiro atoms. The second-order valence-corrected chi connectivity index (χ2v) is 6.05. The highest BCUT2D eigenvalue weighted by molar-refractivity contribution is 9.10. The summed E-state index contributed by atoms with van der Waals surface area (Å²) >= 11 is 10.3. The fourth-order valence-electron chi connectivity index (χ4n) is 1.51. The highest BCUT2D eigenvalue weighted by Gasteiger charge is 2.10. The third-order valence-electron chi connectivity index (χ3n) is 2.22. The van der Waals surface area contributed by atoms with Crippen LogP contribution < -0.4 is 0 Å². The van der Waals surface area contributed by atoms with Crippen LogP contribution in [0.3, 0.4) is 0 Å². The van der Waals surface area contributed by atoms with Gasteiger partial charge in [-0.3, -0.25) is 0 Å². The van der Waals surface area contributed by atoms with E-state index in [2.05, 4.69) is 44.7 Å². The number of hydrogen-bond donors (Lipinski definition) is 1. The lowest BCUT2D eigenvalue weighted by molar-refractivity contribution is 0.632. The standard InChI is InChI=1S/C11H12BrN3S2/c1-6(2)3-7-9(12)11(16)15-10(14-7)8-4-17-5-13-8/h4-6H,3H2,1-2H3,(H,14,15,16). The first kappa shape index (κ1) is 12.9. The molecule has 0 unspecified atom stereocenters. The van der Waals surface area contributed by atoms with Crippen molar-refractivity contribution in [3.63, 3.8) is 0 Å². The Morgan fingerprint density at radius 3 is 2.88 bits per heavy atom. The molecule has 0 amide bonds. The minimum Gasteiger partial charge on any atom is -0.341 e. The molecule has 6 heteroatoms. The number of thiazole rings is 1. The summed E-state index contributed by atoms with van der Waals surface area (Å²) in [7, 11) is 0. The molecule has 0 aromatic carbocycles. The highest BCUT2D eigenvalue weighted by atomic mass is 79.9. The van der Waals surface area contributed by atoms with Gasteiger partial charge >= 0.3 is 0 Å². The molecule has 0 aliphatic carbocycles. The molecule has 2 rings (SSSR count). The van der Waals surface area contributed by atoms with E-state index in [1.54, 1.807) is 16.8 Å². The normalized spacial score (nSPS) is 11.1. The number of halogens is 1. The molecule has 2 aromatic rings. The van der Waals surface area contributed by atoms with Gasteiger partial charge in [0, 0.05) is 11.1 Å². The van der Waals surface area contributed by atoms with Gasteiger partial charge < -0.3 is 4.98 Å². The summed E-state index contributed by atoms with van der Waals surface area (Å²) < 4.78 is 1.47. The van der Waals surface area contributed by atoms with Crippen LogP contribution in [0, 0.1) is 10.6 Å². The first-order chi connectivity index (χ1) is 8.08. The Hall–Kier alpha value is -0.590. The van der Waals surface area contributed by atoms with Crippen LogP contribution in [0.2, 0.25) is 0 Å². The van der Waals surface area contributed by atoms with Gasteiger partial charge in [0.15, 0.2) is 5.82 Å². The molecule has 0 atom stereocenters. The van der Waals surface area contributed by atoms with E-state index in [1.165, 1.54) is 0 Å². The van der Waals surface area contributed by atoms with Crippen LogP contribution in [-0.2, 0) is 6.42 Å². The van der Waals surface area contributed by atoms with Gasteiger partial charge in [-0.25, -0.2) is 9.97 Å². The number of nitrogens with zero attached hydrogens (tertiary/aromatic N) is 2. The minimum atomic E-state index is 0.558. The average molecular weight is 330 g/mol. The van der Waals surface area contributed by atoms with Crippen LogP contribution in [0.5, 0.6) is 0 Å². The summed E-state index contributed by atoms with van der Waals surface area (Å²) in [5.74, 6) is 1.30. The largest absolute Gasteiger partial charge is 0.341 e. The Morgan fingerprint density at radius 1 is 1.53 bits per heavy atom. The maximum atomic E-state index is 5.25. The van der Waals surface area contributed by atoms with E-state index >= 15 is 0 Å². The molecule has 2 aromatic heterocycles. The van der Waals surface area contributed by atoms with E-state index in [0.717, 1.165) is 28.1 Å². The second-order valence-electron chi connectivity index (χ2n) is 4.15. The van der Waals surface area contributed by atoms with Crippen LogP contribution in [-0.4, -0.2) is 15.0 Å². The van der Waals surface area contributed by atoms with E-state index in [0.29, 0.717) is 10.6 Å². The van der Waals surface area contributed by atoms with Gasteiger partial charge in [-0.1, -0.05) is 26.1 Å². The number of H-pyrrole nitrogens is 1. The summed E-state index contributed by atoms with van der Waals surface area (Å²) in [6, 6.07) is 0. The van der Waals surface area contributed by atoms with E-state index in [-0.39, 0.29) is 0 Å². The van der Waals surface area contributed by atoms with Crippen LogP contribution in [0.4, 0.5) is 0 Å². The Bertz CT molecular complexity index is 561. The Labute approximate surface area is 117 Å². The van der Waals surface area contributed by atoms with Crippen LogP contribution in [0.15, 0.2) is 15.4 Å². The van der Waals surface area contributed by atoms with Crippen LogP contribution in [0.1, 0.15) is 19.5 Å². The Balaban J connectivity index is 2.50. The van der Waals surface area contributed by atoms with Gasteiger partial charge in [0.2, 0.25) is 0 Å². The van der Waals surface area contributed by atoms with Crippen molar-refractivity contribution >= 4 is 39.5 Å². The topological polar surface area (TPSA) is 41.6 Å². The molecule has 0 saturated carbocycles. The molecule has 0 aliphatic heterocycles. The lowest BCUT2D eigenvalue weighted by Crippen LogP contribution is -2.02. The molecular weight excluding hydrogens is 318 g/mol. The molecule has 0 bridgehead atoms. The first-order valence-corrected chi connectivity index (χ1v) is 7.39. The van der Waals surface area contributed by atoms with Crippen molar-refractivity contribution in [3.8, 4) is 11.5 Å². The number of rotatable bonds is 3. The van der Waals surface area contributed by atoms with Crippen molar-refractivity contribution in [3.05, 3.63) is 25.7 Å². The van der Waals surface area contributed by atoms with Gasteiger partial charge in [-0.05, 0) is 28.3 Å². The molecule has 90 valence electrons. The zero-order valence-corrected chi connectivity index (χ0v) is 12.7. The van der Waals surface area contributed by atoms with Crippen molar-refractivity contribution in [2.24, 2.45) is 5.92 Å². The van der Waals surface area contributed by atoms with Crippen molar-refractivity contribution in [1.29, 1.82) is 0 Å². The maximum absolute atomic E-state index is 5.25. The van der Waals surface area contributed by atoms with Crippen molar-refractivity contribution < 1.29 is 0 Å². The van der Waals surface area contributed by atoms with Gasteiger partial charge in [-0.15, -0.1) is 11.3 Å². The quantitative estimate of drug-likeness (QED) is 0.857. The zero-order valence-electron chi connectivity index (χ0n) is 9.53. The van der Waals surface area contributed by atoms with Crippen molar-refractivity contribution in [1.82, 2.24) is 15.0 Å². The van der Waals surface area contributed by atoms with Crippen molar-refractivity contribution in [2.45, 2.75) is 20.3 Å². The monoisotopic (exact) mass is 329 g/mol. The SMILES string of the molecule is CC(C)Cc1[nH]c(-c2cscn2)nc(=S)c1Br. The molecular formula is C11H12BrN3S2. The average Bonchev–Trinajstić information content (AvgIpc) is 2.77. The Kier molecular flexibility index (Phi) is 4.06. The van der Waals surface area contributed by atoms with E-state index in [9.17, 15) is 0 Å². The molecule has 0 aliphatic rings. The van der Waals surface area contributed by atoms with Gasteiger partial charge in [0.25, 0.3) is 0 Å². The second kappa shape index (κ2) is 5.37. The van der Waals surface area contributed by atoms with Crippen LogP contribution >= 0.6 is 39.5 Å². The fraction of sp³-hybridized carbons (Fsp3) is 0.364. The first-order valence-electron chi connectivity index (χ1n) is 5.25. The molecule has 0 radical (unpaired) electrons. The fourth-order valence-corrected chi connectivity index (χ4v) is 2.61. The number of hydrogen-bond acceptors (Lipinski definition) is 4. The smallest absolute Gasteiger partial charge is 0.158 e. The zero-order chi connectivity index (χ0) is 12.4. The third-order valence-corrected chi connectivity index (χ3v) is 4.22. The molecule has 3 nitrogen and oxygen atoms in total. The summed E-state index contributed by atoms with van der Waals surface area (Å²) in [6.07, 6.45) is 0.934. The predicted molar refractivity (Wildman–Crippen MR) is 76.8 cm³/mol. The Morgan fingerprint density at radius 2 is 2.29 bits per heavy atom. The van der Waals surface area contributed by atoms with Gasteiger partial charge in [0.1, 0.15) is 10.3 Å².